The number of hydrogen-bond acceptors (Lipinski definition) is 7. The summed E-state index contributed by atoms with van der Waals surface area (Å²) in [5.41, 5.74) is 2.39. The van der Waals surface area contributed by atoms with Crippen LogP contribution in [0.15, 0.2) is 119 Å². The number of rotatable bonds is 9. The molecule has 0 unspecified atom stereocenters. The minimum Gasteiger partial charge on any atom is -0.457 e. The standard InChI is InChI=1S/C35H28N2O7/c1-22-33(43-25-12-6-3-7-13-25)32(38)28-17-16-26(19-31(28)42-22)44-34(39)30(18-24-20-36-29-15-9-8-14-27(24)29)37-35(40)41-21-23-10-4-2-5-11-23/h2-17,19-20,30,36H,18,21H2,1H3,(H,37,40)/t30-/m1/s1. The Labute approximate surface area is 252 Å². The molecular formula is C35H28N2O7. The van der Waals surface area contributed by atoms with E-state index in [4.69, 9.17) is 18.6 Å². The molecule has 1 atom stereocenters. The summed E-state index contributed by atoms with van der Waals surface area (Å²) in [4.78, 5) is 42.7. The van der Waals surface area contributed by atoms with E-state index in [0.717, 1.165) is 22.0 Å². The first-order valence-corrected chi connectivity index (χ1v) is 14.0. The van der Waals surface area contributed by atoms with Crippen molar-refractivity contribution in [3.05, 3.63) is 136 Å². The maximum absolute atomic E-state index is 13.5. The number of benzene rings is 4. The van der Waals surface area contributed by atoms with Crippen molar-refractivity contribution in [1.82, 2.24) is 10.3 Å². The van der Waals surface area contributed by atoms with Crippen LogP contribution >= 0.6 is 0 Å². The average Bonchev–Trinajstić information content (AvgIpc) is 3.45. The van der Waals surface area contributed by atoms with E-state index in [2.05, 4.69) is 10.3 Å². The second-order valence-electron chi connectivity index (χ2n) is 10.1. The molecule has 2 heterocycles. The molecule has 2 aromatic heterocycles. The smallest absolute Gasteiger partial charge is 0.408 e. The number of aromatic amines is 1. The fraction of sp³-hybridized carbons (Fsp3) is 0.114. The number of esters is 1. The van der Waals surface area contributed by atoms with Crippen LogP contribution in [-0.2, 0) is 22.6 Å². The molecule has 0 spiro atoms. The number of hydrogen-bond donors (Lipinski definition) is 2. The van der Waals surface area contributed by atoms with Crippen LogP contribution in [0.1, 0.15) is 16.9 Å². The molecule has 0 radical (unpaired) electrons. The number of amides is 1. The van der Waals surface area contributed by atoms with Crippen molar-refractivity contribution in [2.24, 2.45) is 0 Å². The molecule has 1 amide bonds. The number of alkyl carbamates (subject to hydrolysis) is 1. The van der Waals surface area contributed by atoms with E-state index >= 15 is 0 Å². The number of fused-ring (bicyclic) bond motifs is 2. The molecule has 0 aliphatic carbocycles. The number of nitrogens with one attached hydrogen (secondary N) is 2. The molecule has 0 saturated carbocycles. The molecular weight excluding hydrogens is 560 g/mol. The first-order chi connectivity index (χ1) is 21.4. The van der Waals surface area contributed by atoms with Gasteiger partial charge in [-0.2, -0.15) is 0 Å². The molecule has 0 fully saturated rings. The van der Waals surface area contributed by atoms with E-state index in [-0.39, 0.29) is 46.7 Å². The summed E-state index contributed by atoms with van der Waals surface area (Å²) in [6, 6.07) is 29.2. The number of aromatic nitrogens is 1. The van der Waals surface area contributed by atoms with Gasteiger partial charge in [-0.15, -0.1) is 0 Å². The predicted octanol–water partition coefficient (Wildman–Crippen LogP) is 6.82. The molecule has 0 saturated heterocycles. The monoisotopic (exact) mass is 588 g/mol. The maximum atomic E-state index is 13.5. The van der Waals surface area contributed by atoms with Gasteiger partial charge >= 0.3 is 12.1 Å². The lowest BCUT2D eigenvalue weighted by Crippen LogP contribution is -2.44. The van der Waals surface area contributed by atoms with E-state index in [9.17, 15) is 14.4 Å². The van der Waals surface area contributed by atoms with Crippen LogP contribution in [0.25, 0.3) is 21.9 Å². The number of aryl methyl sites for hydroxylation is 1. The molecule has 0 aliphatic rings. The first-order valence-electron chi connectivity index (χ1n) is 14.0. The van der Waals surface area contributed by atoms with Gasteiger partial charge in [0.2, 0.25) is 11.2 Å². The quantitative estimate of drug-likeness (QED) is 0.141. The lowest BCUT2D eigenvalue weighted by Gasteiger charge is -2.18. The summed E-state index contributed by atoms with van der Waals surface area (Å²) in [5.74, 6) is 0.281. The fourth-order valence-corrected chi connectivity index (χ4v) is 4.86. The fourth-order valence-electron chi connectivity index (χ4n) is 4.86. The van der Waals surface area contributed by atoms with Crippen molar-refractivity contribution in [1.29, 1.82) is 0 Å². The zero-order valence-corrected chi connectivity index (χ0v) is 23.7. The Morgan fingerprint density at radius 1 is 0.864 bits per heavy atom. The van der Waals surface area contributed by atoms with Gasteiger partial charge in [-0.3, -0.25) is 4.79 Å². The highest BCUT2D eigenvalue weighted by Gasteiger charge is 2.26. The SMILES string of the molecule is Cc1oc2cc(OC(=O)[C@@H](Cc3c[nH]c4ccccc34)NC(=O)OCc3ccccc3)ccc2c(=O)c1Oc1ccccc1. The minimum absolute atomic E-state index is 0.0422. The third-order valence-corrected chi connectivity index (χ3v) is 7.06. The van der Waals surface area contributed by atoms with Crippen LogP contribution < -0.4 is 20.2 Å². The van der Waals surface area contributed by atoms with Crippen molar-refractivity contribution in [2.75, 3.05) is 0 Å². The summed E-state index contributed by atoms with van der Waals surface area (Å²) in [6.07, 6.45) is 1.18. The molecule has 220 valence electrons. The summed E-state index contributed by atoms with van der Waals surface area (Å²) >= 11 is 0. The van der Waals surface area contributed by atoms with Crippen molar-refractivity contribution < 1.29 is 28.2 Å². The van der Waals surface area contributed by atoms with Crippen LogP contribution in [0.4, 0.5) is 4.79 Å². The van der Waals surface area contributed by atoms with Gasteiger partial charge in [-0.05, 0) is 48.4 Å². The highest BCUT2D eigenvalue weighted by molar-refractivity contribution is 5.87. The molecule has 6 aromatic rings. The van der Waals surface area contributed by atoms with Gasteiger partial charge in [-0.1, -0.05) is 66.7 Å². The first kappa shape index (κ1) is 28.3. The third kappa shape index (κ3) is 6.32. The second-order valence-corrected chi connectivity index (χ2v) is 10.1. The number of carbonyl (C=O) groups is 2. The number of carbonyl (C=O) groups excluding carboxylic acids is 2. The lowest BCUT2D eigenvalue weighted by molar-refractivity contribution is -0.136. The van der Waals surface area contributed by atoms with Crippen LogP contribution in [0.5, 0.6) is 17.2 Å². The molecule has 2 N–H and O–H groups in total. The van der Waals surface area contributed by atoms with Gasteiger partial charge in [0.15, 0.2) is 0 Å². The van der Waals surface area contributed by atoms with Gasteiger partial charge in [0.25, 0.3) is 0 Å². The van der Waals surface area contributed by atoms with E-state index in [0.29, 0.717) is 5.75 Å². The topological polar surface area (TPSA) is 120 Å². The predicted molar refractivity (Wildman–Crippen MR) is 165 cm³/mol. The van der Waals surface area contributed by atoms with Gasteiger partial charge in [0.05, 0.1) is 5.39 Å². The van der Waals surface area contributed by atoms with Crippen LogP contribution in [0.2, 0.25) is 0 Å². The number of H-pyrrole nitrogens is 1. The molecule has 0 aliphatic heterocycles. The van der Waals surface area contributed by atoms with E-state index < -0.39 is 18.1 Å². The van der Waals surface area contributed by atoms with Gasteiger partial charge < -0.3 is 28.9 Å². The molecule has 4 aromatic carbocycles. The molecule has 9 heteroatoms. The highest BCUT2D eigenvalue weighted by atomic mass is 16.6. The summed E-state index contributed by atoms with van der Waals surface area (Å²) in [5, 5.41) is 3.84. The summed E-state index contributed by atoms with van der Waals surface area (Å²) in [6.45, 7) is 1.67. The highest BCUT2D eigenvalue weighted by Crippen LogP contribution is 2.28. The minimum atomic E-state index is -1.08. The van der Waals surface area contributed by atoms with Crippen LogP contribution in [-0.4, -0.2) is 23.1 Å². The molecule has 6 rings (SSSR count). The Kier molecular flexibility index (Phi) is 8.09. The number of para-hydroxylation sites is 2. The van der Waals surface area contributed by atoms with E-state index in [1.807, 2.05) is 60.7 Å². The Balaban J connectivity index is 1.23. The van der Waals surface area contributed by atoms with Crippen molar-refractivity contribution in [2.45, 2.75) is 26.0 Å². The Morgan fingerprint density at radius 3 is 2.39 bits per heavy atom. The van der Waals surface area contributed by atoms with Crippen molar-refractivity contribution in [3.8, 4) is 17.2 Å². The van der Waals surface area contributed by atoms with Crippen LogP contribution in [0.3, 0.4) is 0 Å². The summed E-state index contributed by atoms with van der Waals surface area (Å²) in [7, 11) is 0. The van der Waals surface area contributed by atoms with Crippen molar-refractivity contribution in [3.63, 3.8) is 0 Å². The Hall–Kier alpha value is -5.83. The van der Waals surface area contributed by atoms with Crippen LogP contribution in [0, 0.1) is 6.92 Å². The summed E-state index contributed by atoms with van der Waals surface area (Å²) < 4.78 is 22.8. The molecule has 44 heavy (non-hydrogen) atoms. The normalized spacial score (nSPS) is 11.7. The number of ether oxygens (including phenoxy) is 3. The van der Waals surface area contributed by atoms with Gasteiger partial charge in [-0.25, -0.2) is 9.59 Å². The van der Waals surface area contributed by atoms with Gasteiger partial charge in [0.1, 0.15) is 35.5 Å². The Morgan fingerprint density at radius 2 is 1.59 bits per heavy atom. The Bertz CT molecular complexity index is 2000. The lowest BCUT2D eigenvalue weighted by atomic mass is 10.1. The second kappa shape index (κ2) is 12.6. The van der Waals surface area contributed by atoms with Crippen molar-refractivity contribution >= 4 is 33.9 Å². The largest absolute Gasteiger partial charge is 0.457 e. The van der Waals surface area contributed by atoms with E-state index in [1.165, 1.54) is 18.2 Å². The van der Waals surface area contributed by atoms with E-state index in [1.54, 1.807) is 37.4 Å². The third-order valence-electron chi connectivity index (χ3n) is 7.06. The van der Waals surface area contributed by atoms with Gasteiger partial charge in [0, 0.05) is 29.6 Å². The molecule has 9 nitrogen and oxygen atoms in total. The zero-order chi connectivity index (χ0) is 30.5. The molecule has 0 bridgehead atoms. The average molecular weight is 589 g/mol. The maximum Gasteiger partial charge on any atom is 0.408 e. The zero-order valence-electron chi connectivity index (χ0n) is 23.7.